The molecule has 24 heavy (non-hydrogen) atoms. The van der Waals surface area contributed by atoms with Crippen LogP contribution in [0.4, 0.5) is 0 Å². The third-order valence-corrected chi connectivity index (χ3v) is 5.59. The Kier molecular flexibility index (Phi) is 3.66. The lowest BCUT2D eigenvalue weighted by atomic mass is 9.97. The van der Waals surface area contributed by atoms with Gasteiger partial charge in [-0.3, -0.25) is 14.4 Å². The number of piperidine rings is 1. The van der Waals surface area contributed by atoms with Gasteiger partial charge in [-0.15, -0.1) is 0 Å². The van der Waals surface area contributed by atoms with E-state index in [9.17, 15) is 24.6 Å². The molecule has 2 atom stereocenters. The molecule has 1 aliphatic heterocycles. The summed E-state index contributed by atoms with van der Waals surface area (Å²) in [7, 11) is 0. The molecule has 6 nitrogen and oxygen atoms in total. The number of aryl methyl sites for hydroxylation is 3. The highest BCUT2D eigenvalue weighted by Gasteiger charge is 2.81. The highest BCUT2D eigenvalue weighted by atomic mass is 16.4. The van der Waals surface area contributed by atoms with Gasteiger partial charge in [0.2, 0.25) is 5.91 Å². The van der Waals surface area contributed by atoms with Gasteiger partial charge in [0, 0.05) is 19.5 Å². The Bertz CT molecular complexity index is 715. The largest absolute Gasteiger partial charge is 0.481 e. The Labute approximate surface area is 140 Å². The number of hydrogen-bond donors (Lipinski definition) is 2. The van der Waals surface area contributed by atoms with Gasteiger partial charge in [0.1, 0.15) is 10.8 Å². The zero-order valence-corrected chi connectivity index (χ0v) is 13.8. The maximum absolute atomic E-state index is 12.4. The molecule has 1 aliphatic carbocycles. The Hall–Kier alpha value is -2.37. The predicted molar refractivity (Wildman–Crippen MR) is 85.6 cm³/mol. The molecule has 0 aromatic heterocycles. The highest BCUT2D eigenvalue weighted by molar-refractivity contribution is 5.96. The Balaban J connectivity index is 1.67. The number of likely N-dealkylation sites (tertiary alicyclic amines) is 1. The first-order valence-corrected chi connectivity index (χ1v) is 8.03. The van der Waals surface area contributed by atoms with Crippen molar-refractivity contribution in [1.29, 1.82) is 0 Å². The van der Waals surface area contributed by atoms with Crippen molar-refractivity contribution in [1.82, 2.24) is 4.90 Å². The second-order valence-electron chi connectivity index (χ2n) is 7.13. The lowest BCUT2D eigenvalue weighted by molar-refractivity contribution is -0.151. The van der Waals surface area contributed by atoms with Crippen molar-refractivity contribution >= 4 is 17.8 Å². The average Bonchev–Trinajstić information content (AvgIpc) is 3.05. The minimum absolute atomic E-state index is 0.000344. The van der Waals surface area contributed by atoms with E-state index < -0.39 is 22.8 Å². The van der Waals surface area contributed by atoms with Crippen LogP contribution in [0.25, 0.3) is 0 Å². The van der Waals surface area contributed by atoms with Crippen LogP contribution in [0.3, 0.4) is 0 Å². The smallest absolute Gasteiger partial charge is 0.312 e. The quantitative estimate of drug-likeness (QED) is 0.855. The van der Waals surface area contributed by atoms with Gasteiger partial charge in [0.25, 0.3) is 0 Å². The molecule has 0 unspecified atom stereocenters. The average molecular weight is 331 g/mol. The number of carboxylic acid groups (broad SMARTS) is 2. The summed E-state index contributed by atoms with van der Waals surface area (Å²) in [6.07, 6.45) is 0.947. The summed E-state index contributed by atoms with van der Waals surface area (Å²) in [6.45, 7) is 4.01. The van der Waals surface area contributed by atoms with Crippen LogP contribution in [0.2, 0.25) is 0 Å². The number of carboxylic acids is 2. The number of benzene rings is 1. The molecule has 1 aromatic carbocycles. The number of rotatable bonds is 5. The van der Waals surface area contributed by atoms with Crippen LogP contribution in [0.5, 0.6) is 0 Å². The molecule has 0 radical (unpaired) electrons. The lowest BCUT2D eigenvalue weighted by Gasteiger charge is -2.20. The molecule has 128 valence electrons. The van der Waals surface area contributed by atoms with Crippen molar-refractivity contribution in [3.63, 3.8) is 0 Å². The molecule has 0 spiro atoms. The summed E-state index contributed by atoms with van der Waals surface area (Å²) < 4.78 is 0. The van der Waals surface area contributed by atoms with E-state index in [1.807, 2.05) is 26.0 Å². The molecule has 6 heteroatoms. The van der Waals surface area contributed by atoms with Gasteiger partial charge < -0.3 is 15.1 Å². The normalized spacial score (nSPS) is 27.7. The second-order valence-corrected chi connectivity index (χ2v) is 7.13. The number of aliphatic carboxylic acids is 2. The molecule has 1 aromatic rings. The molecule has 1 heterocycles. The predicted octanol–water partition coefficient (Wildman–Crippen LogP) is 1.62. The monoisotopic (exact) mass is 331 g/mol. The summed E-state index contributed by atoms with van der Waals surface area (Å²) in [5.74, 6) is -2.41. The van der Waals surface area contributed by atoms with E-state index in [2.05, 4.69) is 6.07 Å². The minimum atomic E-state index is -1.30. The SMILES string of the molecule is Cc1ccc(CCC(=O)N2C[C@@]3(C(=O)O)C[C@@]3(C(=O)O)C2)c(C)c1. The fourth-order valence-electron chi connectivity index (χ4n) is 3.99. The van der Waals surface area contributed by atoms with Crippen LogP contribution in [0.15, 0.2) is 18.2 Å². The molecule has 1 saturated heterocycles. The lowest BCUT2D eigenvalue weighted by Crippen LogP contribution is -2.34. The van der Waals surface area contributed by atoms with Crippen molar-refractivity contribution < 1.29 is 24.6 Å². The van der Waals surface area contributed by atoms with E-state index in [4.69, 9.17) is 0 Å². The van der Waals surface area contributed by atoms with Crippen LogP contribution in [-0.2, 0) is 20.8 Å². The minimum Gasteiger partial charge on any atom is -0.481 e. The van der Waals surface area contributed by atoms with E-state index in [1.54, 1.807) is 0 Å². The Morgan fingerprint density at radius 1 is 1.08 bits per heavy atom. The number of fused-ring (bicyclic) bond motifs is 1. The maximum Gasteiger partial charge on any atom is 0.312 e. The van der Waals surface area contributed by atoms with E-state index in [0.717, 1.165) is 16.7 Å². The molecule has 2 aliphatic rings. The van der Waals surface area contributed by atoms with Gasteiger partial charge in [-0.25, -0.2) is 0 Å². The third kappa shape index (κ3) is 2.28. The topological polar surface area (TPSA) is 94.9 Å². The van der Waals surface area contributed by atoms with Gasteiger partial charge in [0.15, 0.2) is 0 Å². The maximum atomic E-state index is 12.4. The number of amides is 1. The van der Waals surface area contributed by atoms with Crippen LogP contribution < -0.4 is 0 Å². The van der Waals surface area contributed by atoms with Gasteiger partial charge in [-0.1, -0.05) is 23.8 Å². The van der Waals surface area contributed by atoms with Crippen molar-refractivity contribution in [3.8, 4) is 0 Å². The van der Waals surface area contributed by atoms with Gasteiger partial charge in [-0.2, -0.15) is 0 Å². The van der Waals surface area contributed by atoms with Crippen LogP contribution in [0.1, 0.15) is 29.5 Å². The van der Waals surface area contributed by atoms with Crippen molar-refractivity contribution in [2.45, 2.75) is 33.1 Å². The summed E-state index contributed by atoms with van der Waals surface area (Å²) in [4.78, 5) is 36.8. The van der Waals surface area contributed by atoms with Crippen molar-refractivity contribution in [2.24, 2.45) is 10.8 Å². The standard InChI is InChI=1S/C18H21NO5/c1-11-3-4-13(12(2)7-11)5-6-14(20)19-9-17(15(21)22)8-18(17,10-19)16(23)24/h3-4,7H,5-6,8-10H2,1-2H3,(H,21,22)(H,23,24)/t17-,18+. The summed E-state index contributed by atoms with van der Waals surface area (Å²) in [5.41, 5.74) is 0.770. The summed E-state index contributed by atoms with van der Waals surface area (Å²) in [6, 6.07) is 6.05. The van der Waals surface area contributed by atoms with Gasteiger partial charge >= 0.3 is 11.9 Å². The first-order chi connectivity index (χ1) is 11.2. The number of nitrogens with zero attached hydrogens (tertiary/aromatic N) is 1. The summed E-state index contributed by atoms with van der Waals surface area (Å²) >= 11 is 0. The third-order valence-electron chi connectivity index (χ3n) is 5.59. The molecule has 1 saturated carbocycles. The Morgan fingerprint density at radius 2 is 1.67 bits per heavy atom. The molecular formula is C18H21NO5. The zero-order valence-electron chi connectivity index (χ0n) is 13.8. The molecule has 2 fully saturated rings. The molecule has 2 N–H and O–H groups in total. The van der Waals surface area contributed by atoms with Crippen molar-refractivity contribution in [3.05, 3.63) is 34.9 Å². The van der Waals surface area contributed by atoms with E-state index in [0.29, 0.717) is 6.42 Å². The van der Waals surface area contributed by atoms with E-state index in [1.165, 1.54) is 4.90 Å². The first kappa shape index (κ1) is 16.5. The molecule has 1 amide bonds. The number of hydrogen-bond acceptors (Lipinski definition) is 3. The number of carbonyl (C=O) groups excluding carboxylic acids is 1. The highest BCUT2D eigenvalue weighted by Crippen LogP contribution is 2.68. The van der Waals surface area contributed by atoms with Crippen molar-refractivity contribution in [2.75, 3.05) is 13.1 Å². The fraction of sp³-hybridized carbons (Fsp3) is 0.500. The number of carbonyl (C=O) groups is 3. The van der Waals surface area contributed by atoms with E-state index >= 15 is 0 Å². The fourth-order valence-corrected chi connectivity index (χ4v) is 3.99. The Morgan fingerprint density at radius 3 is 2.17 bits per heavy atom. The first-order valence-electron chi connectivity index (χ1n) is 8.03. The van der Waals surface area contributed by atoms with E-state index in [-0.39, 0.29) is 31.8 Å². The van der Waals surface area contributed by atoms with Gasteiger partial charge in [-0.05, 0) is 37.8 Å². The van der Waals surface area contributed by atoms with Crippen LogP contribution in [0, 0.1) is 24.7 Å². The molecule has 0 bridgehead atoms. The molecule has 3 rings (SSSR count). The van der Waals surface area contributed by atoms with Crippen LogP contribution >= 0.6 is 0 Å². The molecular weight excluding hydrogens is 310 g/mol. The van der Waals surface area contributed by atoms with Gasteiger partial charge in [0.05, 0.1) is 0 Å². The zero-order chi connectivity index (χ0) is 17.7. The van der Waals surface area contributed by atoms with Crippen LogP contribution in [-0.4, -0.2) is 46.0 Å². The second kappa shape index (κ2) is 5.33. The summed E-state index contributed by atoms with van der Waals surface area (Å²) in [5, 5.41) is 18.8.